The number of aromatic amines is 1. The molecule has 0 spiro atoms. The highest BCUT2D eigenvalue weighted by Crippen LogP contribution is 2.13. The Balaban J connectivity index is 2.14. The first-order valence-electron chi connectivity index (χ1n) is 5.97. The highest BCUT2D eigenvalue weighted by molar-refractivity contribution is 9.10. The summed E-state index contributed by atoms with van der Waals surface area (Å²) in [7, 11) is 0. The van der Waals surface area contributed by atoms with E-state index in [0.717, 1.165) is 22.2 Å². The van der Waals surface area contributed by atoms with Crippen LogP contribution in [0.1, 0.15) is 29.4 Å². The fourth-order valence-corrected chi connectivity index (χ4v) is 2.07. The van der Waals surface area contributed by atoms with Crippen molar-refractivity contribution in [1.82, 2.24) is 10.4 Å². The summed E-state index contributed by atoms with van der Waals surface area (Å²) in [6.07, 6.45) is 2.44. The molecule has 1 amide bonds. The van der Waals surface area contributed by atoms with E-state index in [1.54, 1.807) is 18.3 Å². The summed E-state index contributed by atoms with van der Waals surface area (Å²) in [6.45, 7) is 2.00. The number of carbonyl (C=O) groups is 1. The Bertz CT molecular complexity index is 590. The number of aromatic nitrogens is 1. The highest BCUT2D eigenvalue weighted by atomic mass is 79.9. The lowest BCUT2D eigenvalue weighted by Crippen LogP contribution is -2.20. The predicted molar refractivity (Wildman–Crippen MR) is 79.2 cm³/mol. The standard InChI is InChI=1S/C14H14BrN3O/c1-2-12(10-5-3-6-11(15)9-10)17-18-14(19)13-7-4-8-16-13/h3-9,16H,2H2,1H3,(H,18,19)/b17-12-. The van der Waals surface area contributed by atoms with Gasteiger partial charge in [-0.3, -0.25) is 4.79 Å². The van der Waals surface area contributed by atoms with E-state index in [9.17, 15) is 4.79 Å². The number of amides is 1. The van der Waals surface area contributed by atoms with E-state index in [2.05, 4.69) is 31.4 Å². The molecule has 0 saturated carbocycles. The molecule has 2 rings (SSSR count). The first-order chi connectivity index (χ1) is 9.20. The van der Waals surface area contributed by atoms with Gasteiger partial charge in [0.25, 0.3) is 5.91 Å². The van der Waals surface area contributed by atoms with E-state index in [1.807, 2.05) is 31.2 Å². The van der Waals surface area contributed by atoms with Crippen molar-refractivity contribution in [3.63, 3.8) is 0 Å². The molecule has 0 aliphatic heterocycles. The summed E-state index contributed by atoms with van der Waals surface area (Å²) in [5, 5.41) is 4.19. The lowest BCUT2D eigenvalue weighted by Gasteiger charge is -2.05. The van der Waals surface area contributed by atoms with Crippen LogP contribution in [-0.2, 0) is 0 Å². The second-order valence-electron chi connectivity index (χ2n) is 3.95. The summed E-state index contributed by atoms with van der Waals surface area (Å²) in [5.41, 5.74) is 4.87. The van der Waals surface area contributed by atoms with Crippen molar-refractivity contribution in [1.29, 1.82) is 0 Å². The lowest BCUT2D eigenvalue weighted by atomic mass is 10.1. The second-order valence-corrected chi connectivity index (χ2v) is 4.86. The smallest absolute Gasteiger partial charge is 0.287 e. The van der Waals surface area contributed by atoms with E-state index in [0.29, 0.717) is 5.69 Å². The molecule has 1 aromatic heterocycles. The zero-order chi connectivity index (χ0) is 13.7. The maximum absolute atomic E-state index is 11.8. The normalized spacial score (nSPS) is 11.4. The Labute approximate surface area is 120 Å². The Hall–Kier alpha value is -1.88. The topological polar surface area (TPSA) is 57.2 Å². The molecule has 1 heterocycles. The zero-order valence-electron chi connectivity index (χ0n) is 10.5. The van der Waals surface area contributed by atoms with Crippen LogP contribution in [0.3, 0.4) is 0 Å². The molecule has 1 aromatic carbocycles. The average molecular weight is 320 g/mol. The second kappa shape index (κ2) is 6.33. The third kappa shape index (κ3) is 3.54. The molecule has 2 N–H and O–H groups in total. The number of halogens is 1. The summed E-state index contributed by atoms with van der Waals surface area (Å²) in [4.78, 5) is 14.6. The SMILES string of the molecule is CC/C(=N/NC(=O)c1ccc[nH]1)c1cccc(Br)c1. The fourth-order valence-electron chi connectivity index (χ4n) is 1.67. The molecule has 0 aliphatic rings. The quantitative estimate of drug-likeness (QED) is 0.659. The number of benzene rings is 1. The van der Waals surface area contributed by atoms with Gasteiger partial charge < -0.3 is 4.98 Å². The fraction of sp³-hybridized carbons (Fsp3) is 0.143. The van der Waals surface area contributed by atoms with Gasteiger partial charge in [-0.1, -0.05) is 35.0 Å². The molecule has 0 unspecified atom stereocenters. The van der Waals surface area contributed by atoms with Gasteiger partial charge in [0.15, 0.2) is 0 Å². The molecular weight excluding hydrogens is 306 g/mol. The minimum atomic E-state index is -0.244. The lowest BCUT2D eigenvalue weighted by molar-refractivity contribution is 0.0950. The van der Waals surface area contributed by atoms with E-state index >= 15 is 0 Å². The van der Waals surface area contributed by atoms with Crippen LogP contribution >= 0.6 is 15.9 Å². The van der Waals surface area contributed by atoms with Crippen molar-refractivity contribution in [2.45, 2.75) is 13.3 Å². The van der Waals surface area contributed by atoms with Crippen molar-refractivity contribution < 1.29 is 4.79 Å². The summed E-state index contributed by atoms with van der Waals surface area (Å²) < 4.78 is 0.988. The van der Waals surface area contributed by atoms with Crippen molar-refractivity contribution in [2.75, 3.05) is 0 Å². The maximum atomic E-state index is 11.8. The van der Waals surface area contributed by atoms with E-state index in [-0.39, 0.29) is 5.91 Å². The number of carbonyl (C=O) groups excluding carboxylic acids is 1. The minimum absolute atomic E-state index is 0.244. The Morgan fingerprint density at radius 2 is 2.21 bits per heavy atom. The molecule has 0 radical (unpaired) electrons. The monoisotopic (exact) mass is 319 g/mol. The van der Waals surface area contributed by atoms with Crippen LogP contribution in [0.15, 0.2) is 52.2 Å². The minimum Gasteiger partial charge on any atom is -0.357 e. The van der Waals surface area contributed by atoms with E-state index in [4.69, 9.17) is 0 Å². The van der Waals surface area contributed by atoms with Gasteiger partial charge in [-0.25, -0.2) is 5.43 Å². The molecule has 5 heteroatoms. The zero-order valence-corrected chi connectivity index (χ0v) is 12.1. The average Bonchev–Trinajstić information content (AvgIpc) is 2.93. The first-order valence-corrected chi connectivity index (χ1v) is 6.76. The molecule has 98 valence electrons. The number of nitrogens with one attached hydrogen (secondary N) is 2. The molecular formula is C14H14BrN3O. The predicted octanol–water partition coefficient (Wildman–Crippen LogP) is 3.32. The maximum Gasteiger partial charge on any atom is 0.287 e. The number of hydrogen-bond acceptors (Lipinski definition) is 2. The molecule has 0 atom stereocenters. The molecule has 0 bridgehead atoms. The summed E-state index contributed by atoms with van der Waals surface area (Å²) in [6, 6.07) is 11.3. The van der Waals surface area contributed by atoms with Crippen LogP contribution < -0.4 is 5.43 Å². The molecule has 2 aromatic rings. The van der Waals surface area contributed by atoms with Gasteiger partial charge in [-0.15, -0.1) is 0 Å². The van der Waals surface area contributed by atoms with E-state index < -0.39 is 0 Å². The van der Waals surface area contributed by atoms with Gasteiger partial charge in [-0.2, -0.15) is 5.10 Å². The first kappa shape index (κ1) is 13.5. The molecule has 19 heavy (non-hydrogen) atoms. The van der Waals surface area contributed by atoms with E-state index in [1.165, 1.54) is 0 Å². The van der Waals surface area contributed by atoms with Gasteiger partial charge in [0.1, 0.15) is 5.69 Å². The van der Waals surface area contributed by atoms with Crippen LogP contribution in [0.2, 0.25) is 0 Å². The van der Waals surface area contributed by atoms with Crippen molar-refractivity contribution >= 4 is 27.5 Å². The highest BCUT2D eigenvalue weighted by Gasteiger charge is 2.06. The van der Waals surface area contributed by atoms with Gasteiger partial charge in [-0.05, 0) is 36.2 Å². The van der Waals surface area contributed by atoms with Gasteiger partial charge in [0.2, 0.25) is 0 Å². The van der Waals surface area contributed by atoms with Crippen LogP contribution in [0, 0.1) is 0 Å². The van der Waals surface area contributed by atoms with Crippen LogP contribution in [-0.4, -0.2) is 16.6 Å². The van der Waals surface area contributed by atoms with Crippen molar-refractivity contribution in [3.05, 3.63) is 58.3 Å². The van der Waals surface area contributed by atoms with Crippen molar-refractivity contribution in [3.8, 4) is 0 Å². The third-order valence-corrected chi connectivity index (χ3v) is 3.12. The van der Waals surface area contributed by atoms with Gasteiger partial charge >= 0.3 is 0 Å². The van der Waals surface area contributed by atoms with Crippen LogP contribution in [0.25, 0.3) is 0 Å². The molecule has 4 nitrogen and oxygen atoms in total. The number of H-pyrrole nitrogens is 1. The Kier molecular flexibility index (Phi) is 4.52. The van der Waals surface area contributed by atoms with Crippen LogP contribution in [0.4, 0.5) is 0 Å². The number of nitrogens with zero attached hydrogens (tertiary/aromatic N) is 1. The van der Waals surface area contributed by atoms with Crippen LogP contribution in [0.5, 0.6) is 0 Å². The van der Waals surface area contributed by atoms with Gasteiger partial charge in [0, 0.05) is 10.7 Å². The number of hydrazone groups is 1. The number of hydrogen-bond donors (Lipinski definition) is 2. The Morgan fingerprint density at radius 1 is 1.37 bits per heavy atom. The summed E-state index contributed by atoms with van der Waals surface area (Å²) in [5.74, 6) is -0.244. The molecule has 0 saturated heterocycles. The third-order valence-electron chi connectivity index (χ3n) is 2.63. The van der Waals surface area contributed by atoms with Gasteiger partial charge in [0.05, 0.1) is 5.71 Å². The molecule has 0 aliphatic carbocycles. The van der Waals surface area contributed by atoms with Crippen molar-refractivity contribution in [2.24, 2.45) is 5.10 Å². The summed E-state index contributed by atoms with van der Waals surface area (Å²) >= 11 is 3.42. The number of rotatable bonds is 4. The largest absolute Gasteiger partial charge is 0.357 e. The Morgan fingerprint density at radius 3 is 2.84 bits per heavy atom. The molecule has 0 fully saturated rings.